The SMILES string of the molecule is Cc1cc(C)c(C)c(S(=O)(=O)NCCC(=O)NCC2CCCN2c2nccs2)c1C. The number of benzene rings is 1. The topological polar surface area (TPSA) is 91.4 Å². The Morgan fingerprint density at radius 3 is 2.57 bits per heavy atom. The van der Waals surface area contributed by atoms with Crippen LogP contribution in [0.4, 0.5) is 5.13 Å². The van der Waals surface area contributed by atoms with E-state index in [1.54, 1.807) is 17.5 Å². The van der Waals surface area contributed by atoms with E-state index in [0.717, 1.165) is 46.8 Å². The van der Waals surface area contributed by atoms with Crippen molar-refractivity contribution in [2.75, 3.05) is 24.5 Å². The van der Waals surface area contributed by atoms with Crippen molar-refractivity contribution >= 4 is 32.4 Å². The van der Waals surface area contributed by atoms with Gasteiger partial charge in [-0.3, -0.25) is 4.79 Å². The van der Waals surface area contributed by atoms with Crippen molar-refractivity contribution in [3.63, 3.8) is 0 Å². The molecule has 164 valence electrons. The van der Waals surface area contributed by atoms with Crippen LogP contribution in [0.15, 0.2) is 22.5 Å². The smallest absolute Gasteiger partial charge is 0.241 e. The molecule has 0 spiro atoms. The van der Waals surface area contributed by atoms with Crippen LogP contribution >= 0.6 is 11.3 Å². The summed E-state index contributed by atoms with van der Waals surface area (Å²) in [5, 5.41) is 5.88. The van der Waals surface area contributed by atoms with Crippen LogP contribution in [-0.4, -0.2) is 45.0 Å². The Hall–Kier alpha value is -1.97. The number of hydrogen-bond donors (Lipinski definition) is 2. The molecule has 2 N–H and O–H groups in total. The molecule has 1 atom stereocenters. The van der Waals surface area contributed by atoms with Gasteiger partial charge in [-0.2, -0.15) is 0 Å². The molecule has 1 saturated heterocycles. The fourth-order valence-electron chi connectivity index (χ4n) is 3.93. The lowest BCUT2D eigenvalue weighted by Crippen LogP contribution is -2.41. The summed E-state index contributed by atoms with van der Waals surface area (Å²) in [6, 6.07) is 2.23. The first-order chi connectivity index (χ1) is 14.2. The largest absolute Gasteiger partial charge is 0.354 e. The van der Waals surface area contributed by atoms with Crippen LogP contribution in [0.3, 0.4) is 0 Å². The second-order valence-electron chi connectivity index (χ2n) is 7.85. The molecule has 1 aliphatic heterocycles. The van der Waals surface area contributed by atoms with Crippen LogP contribution in [0.1, 0.15) is 41.5 Å². The van der Waals surface area contributed by atoms with E-state index in [4.69, 9.17) is 0 Å². The molecule has 1 aromatic heterocycles. The normalized spacial score (nSPS) is 16.8. The molecule has 1 amide bonds. The lowest BCUT2D eigenvalue weighted by Gasteiger charge is -2.24. The van der Waals surface area contributed by atoms with Crippen molar-refractivity contribution in [1.29, 1.82) is 0 Å². The highest BCUT2D eigenvalue weighted by molar-refractivity contribution is 7.89. The average molecular weight is 451 g/mol. The van der Waals surface area contributed by atoms with Gasteiger partial charge in [0.05, 0.1) is 4.90 Å². The molecule has 1 aliphatic rings. The third-order valence-corrected chi connectivity index (χ3v) is 8.33. The highest BCUT2D eigenvalue weighted by atomic mass is 32.2. The van der Waals surface area contributed by atoms with Gasteiger partial charge in [0.15, 0.2) is 5.13 Å². The predicted octanol–water partition coefficient (Wildman–Crippen LogP) is 2.83. The van der Waals surface area contributed by atoms with Gasteiger partial charge in [0, 0.05) is 43.7 Å². The zero-order valence-electron chi connectivity index (χ0n) is 18.0. The molecule has 1 fully saturated rings. The van der Waals surface area contributed by atoms with Gasteiger partial charge < -0.3 is 10.2 Å². The standard InChI is InChI=1S/C21H30N4O3S2/c1-14-12-15(2)17(4)20(16(14)3)30(27,28)24-8-7-19(26)23-13-18-6-5-10-25(18)21-22-9-11-29-21/h9,11-12,18,24H,5-8,10,13H2,1-4H3,(H,23,26). The molecule has 9 heteroatoms. The maximum absolute atomic E-state index is 12.8. The van der Waals surface area contributed by atoms with E-state index < -0.39 is 10.0 Å². The number of rotatable bonds is 8. The number of nitrogens with one attached hydrogen (secondary N) is 2. The van der Waals surface area contributed by atoms with Gasteiger partial charge in [0.1, 0.15) is 0 Å². The summed E-state index contributed by atoms with van der Waals surface area (Å²) >= 11 is 1.60. The lowest BCUT2D eigenvalue weighted by molar-refractivity contribution is -0.120. The van der Waals surface area contributed by atoms with Crippen molar-refractivity contribution in [3.8, 4) is 0 Å². The summed E-state index contributed by atoms with van der Waals surface area (Å²) in [6.07, 6.45) is 3.98. The fourth-order valence-corrected chi connectivity index (χ4v) is 6.32. The maximum atomic E-state index is 12.8. The minimum absolute atomic E-state index is 0.0703. The van der Waals surface area contributed by atoms with E-state index in [0.29, 0.717) is 11.4 Å². The number of aryl methyl sites for hydroxylation is 2. The molecule has 0 aliphatic carbocycles. The first kappa shape index (κ1) is 22.7. The summed E-state index contributed by atoms with van der Waals surface area (Å²) in [6.45, 7) is 9.01. The number of sulfonamides is 1. The first-order valence-corrected chi connectivity index (χ1v) is 12.6. The van der Waals surface area contributed by atoms with Crippen LogP contribution < -0.4 is 14.9 Å². The van der Waals surface area contributed by atoms with Gasteiger partial charge in [-0.15, -0.1) is 11.3 Å². The summed E-state index contributed by atoms with van der Waals surface area (Å²) in [5.74, 6) is -0.155. The third-order valence-electron chi connectivity index (χ3n) is 5.79. The van der Waals surface area contributed by atoms with Gasteiger partial charge in [-0.05, 0) is 62.8 Å². The molecule has 30 heavy (non-hydrogen) atoms. The quantitative estimate of drug-likeness (QED) is 0.645. The van der Waals surface area contributed by atoms with Crippen LogP contribution in [0.2, 0.25) is 0 Å². The number of nitrogens with zero attached hydrogens (tertiary/aromatic N) is 2. The van der Waals surface area contributed by atoms with Crippen LogP contribution in [-0.2, 0) is 14.8 Å². The average Bonchev–Trinajstić information content (AvgIpc) is 3.36. The van der Waals surface area contributed by atoms with Crippen LogP contribution in [0.5, 0.6) is 0 Å². The van der Waals surface area contributed by atoms with E-state index in [1.807, 2.05) is 39.1 Å². The Morgan fingerprint density at radius 1 is 1.23 bits per heavy atom. The van der Waals surface area contributed by atoms with Crippen LogP contribution in [0.25, 0.3) is 0 Å². The number of amides is 1. The van der Waals surface area contributed by atoms with Gasteiger partial charge in [-0.25, -0.2) is 18.1 Å². The highest BCUT2D eigenvalue weighted by Crippen LogP contribution is 2.27. The summed E-state index contributed by atoms with van der Waals surface area (Å²) < 4.78 is 28.3. The van der Waals surface area contributed by atoms with E-state index in [2.05, 4.69) is 19.9 Å². The predicted molar refractivity (Wildman–Crippen MR) is 121 cm³/mol. The summed E-state index contributed by atoms with van der Waals surface area (Å²) in [7, 11) is -3.68. The molecule has 1 unspecified atom stereocenters. The van der Waals surface area contributed by atoms with Crippen LogP contribution in [0, 0.1) is 27.7 Å². The van der Waals surface area contributed by atoms with Crippen molar-refractivity contribution in [2.45, 2.75) is 57.9 Å². The highest BCUT2D eigenvalue weighted by Gasteiger charge is 2.27. The van der Waals surface area contributed by atoms with Gasteiger partial charge in [-0.1, -0.05) is 6.07 Å². The Kier molecular flexibility index (Phi) is 7.15. The first-order valence-electron chi connectivity index (χ1n) is 10.2. The van der Waals surface area contributed by atoms with E-state index in [9.17, 15) is 13.2 Å². The molecular formula is C21H30N4O3S2. The molecule has 1 aromatic carbocycles. The Bertz CT molecular complexity index is 978. The molecule has 7 nitrogen and oxygen atoms in total. The minimum atomic E-state index is -3.68. The molecule has 0 saturated carbocycles. The fraction of sp³-hybridized carbons (Fsp3) is 0.524. The number of carbonyl (C=O) groups excluding carboxylic acids is 1. The summed E-state index contributed by atoms with van der Waals surface area (Å²) in [5.41, 5.74) is 3.38. The summed E-state index contributed by atoms with van der Waals surface area (Å²) in [4.78, 5) is 19.2. The van der Waals surface area contributed by atoms with Crippen molar-refractivity contribution in [2.24, 2.45) is 0 Å². The maximum Gasteiger partial charge on any atom is 0.241 e. The molecular weight excluding hydrogens is 420 g/mol. The molecule has 0 bridgehead atoms. The molecule has 3 rings (SSSR count). The second kappa shape index (κ2) is 9.45. The van der Waals surface area contributed by atoms with Crippen molar-refractivity contribution in [1.82, 2.24) is 15.0 Å². The second-order valence-corrected chi connectivity index (χ2v) is 10.4. The minimum Gasteiger partial charge on any atom is -0.354 e. The zero-order chi connectivity index (χ0) is 21.9. The number of aromatic nitrogens is 1. The Labute approximate surface area is 183 Å². The van der Waals surface area contributed by atoms with E-state index in [-0.39, 0.29) is 24.9 Å². The number of carbonyl (C=O) groups is 1. The monoisotopic (exact) mass is 450 g/mol. The van der Waals surface area contributed by atoms with E-state index in [1.165, 1.54) is 0 Å². The molecule has 2 aromatic rings. The lowest BCUT2D eigenvalue weighted by atomic mass is 10.0. The zero-order valence-corrected chi connectivity index (χ0v) is 19.6. The third kappa shape index (κ3) is 5.01. The van der Waals surface area contributed by atoms with Crippen molar-refractivity contribution < 1.29 is 13.2 Å². The van der Waals surface area contributed by atoms with E-state index >= 15 is 0 Å². The van der Waals surface area contributed by atoms with Crippen molar-refractivity contribution in [3.05, 3.63) is 39.9 Å². The Balaban J connectivity index is 1.52. The number of thiazole rings is 1. The van der Waals surface area contributed by atoms with Gasteiger partial charge in [0.2, 0.25) is 15.9 Å². The van der Waals surface area contributed by atoms with Gasteiger partial charge >= 0.3 is 0 Å². The number of hydrogen-bond acceptors (Lipinski definition) is 6. The Morgan fingerprint density at radius 2 is 1.93 bits per heavy atom. The molecule has 0 radical (unpaired) electrons. The number of anilines is 1. The molecule has 2 heterocycles. The van der Waals surface area contributed by atoms with Gasteiger partial charge in [0.25, 0.3) is 0 Å².